The fourth-order valence-electron chi connectivity index (χ4n) is 3.72. The molecule has 1 aliphatic carbocycles. The van der Waals surface area contributed by atoms with Gasteiger partial charge in [0, 0.05) is 18.4 Å². The van der Waals surface area contributed by atoms with Crippen molar-refractivity contribution in [1.82, 2.24) is 14.9 Å². The Hall–Kier alpha value is -2.43. The summed E-state index contributed by atoms with van der Waals surface area (Å²) in [6.07, 6.45) is 10.2. The van der Waals surface area contributed by atoms with Crippen molar-refractivity contribution in [3.63, 3.8) is 0 Å². The van der Waals surface area contributed by atoms with Gasteiger partial charge in [-0.05, 0) is 55.9 Å². The highest BCUT2D eigenvalue weighted by atomic mass is 16.2. The van der Waals surface area contributed by atoms with Gasteiger partial charge in [-0.25, -0.2) is 0 Å². The van der Waals surface area contributed by atoms with Crippen LogP contribution in [0.5, 0.6) is 0 Å². The first-order valence-electron chi connectivity index (χ1n) is 10.1. The lowest BCUT2D eigenvalue weighted by Gasteiger charge is -2.21. The van der Waals surface area contributed by atoms with E-state index in [0.29, 0.717) is 13.1 Å². The number of hydrogen-bond acceptors (Lipinski definition) is 3. The van der Waals surface area contributed by atoms with E-state index < -0.39 is 0 Å². The molecule has 0 radical (unpaired) electrons. The molecule has 0 saturated carbocycles. The second kappa shape index (κ2) is 9.49. The minimum atomic E-state index is -0.305. The molecule has 0 aliphatic heterocycles. The number of rotatable bonds is 6. The van der Waals surface area contributed by atoms with Crippen molar-refractivity contribution < 1.29 is 4.79 Å². The number of hydrogen-bond donors (Lipinski definition) is 1. The van der Waals surface area contributed by atoms with Gasteiger partial charge < -0.3 is 9.88 Å². The van der Waals surface area contributed by atoms with Crippen molar-refractivity contribution in [3.05, 3.63) is 63.3 Å². The van der Waals surface area contributed by atoms with Gasteiger partial charge in [0.15, 0.2) is 0 Å². The fraction of sp³-hybridized carbons (Fsp3) is 0.500. The lowest BCUT2D eigenvalue weighted by molar-refractivity contribution is 0.0948. The highest BCUT2D eigenvalue weighted by molar-refractivity contribution is 5.94. The third-order valence-corrected chi connectivity index (χ3v) is 5.24. The molecule has 1 N–H and O–H groups in total. The predicted molar refractivity (Wildman–Crippen MR) is 107 cm³/mol. The van der Waals surface area contributed by atoms with E-state index in [1.165, 1.54) is 18.4 Å². The molecule has 5 heteroatoms. The highest BCUT2D eigenvalue weighted by Gasteiger charge is 2.20. The predicted octanol–water partition coefficient (Wildman–Crippen LogP) is 3.63. The molecule has 27 heavy (non-hydrogen) atoms. The number of pyridine rings is 2. The van der Waals surface area contributed by atoms with E-state index in [4.69, 9.17) is 0 Å². The fourth-order valence-corrected chi connectivity index (χ4v) is 3.72. The number of carbonyl (C=O) groups excluding carboxylic acids is 1. The molecule has 0 unspecified atom stereocenters. The summed E-state index contributed by atoms with van der Waals surface area (Å²) in [4.78, 5) is 30.1. The summed E-state index contributed by atoms with van der Waals surface area (Å²) < 4.78 is 1.87. The normalized spacial score (nSPS) is 14.1. The van der Waals surface area contributed by atoms with Gasteiger partial charge >= 0.3 is 0 Å². The standard InChI is InChI=1S/C22H29N3O2/c1-2-3-14-25-20-12-7-5-4-6-10-17(20)15-19(22(25)27)21(26)24-16-18-11-8-9-13-23-18/h8-9,11,13,15H,2-7,10,12,14,16H2,1H3,(H,24,26). The van der Waals surface area contributed by atoms with Crippen LogP contribution in [0.25, 0.3) is 0 Å². The number of fused-ring (bicyclic) bond motifs is 1. The first-order valence-corrected chi connectivity index (χ1v) is 10.1. The molecule has 0 aromatic carbocycles. The van der Waals surface area contributed by atoms with Gasteiger partial charge in [-0.1, -0.05) is 32.3 Å². The molecule has 1 amide bonds. The molecule has 0 bridgehead atoms. The van der Waals surface area contributed by atoms with Crippen molar-refractivity contribution in [2.24, 2.45) is 0 Å². The average Bonchev–Trinajstić information content (AvgIpc) is 2.67. The van der Waals surface area contributed by atoms with Crippen molar-refractivity contribution in [3.8, 4) is 0 Å². The van der Waals surface area contributed by atoms with E-state index in [2.05, 4.69) is 17.2 Å². The number of nitrogens with one attached hydrogen (secondary N) is 1. The monoisotopic (exact) mass is 367 g/mol. The molecule has 5 nitrogen and oxygen atoms in total. The summed E-state index contributed by atoms with van der Waals surface area (Å²) in [5.41, 5.74) is 3.22. The van der Waals surface area contributed by atoms with Crippen LogP contribution in [0.1, 0.15) is 72.8 Å². The third-order valence-electron chi connectivity index (χ3n) is 5.24. The van der Waals surface area contributed by atoms with Crippen molar-refractivity contribution >= 4 is 5.91 Å². The number of carbonyl (C=O) groups is 1. The zero-order chi connectivity index (χ0) is 19.1. The van der Waals surface area contributed by atoms with Gasteiger partial charge in [0.05, 0.1) is 12.2 Å². The summed E-state index contributed by atoms with van der Waals surface area (Å²) in [6.45, 7) is 3.14. The van der Waals surface area contributed by atoms with Crippen molar-refractivity contribution in [1.29, 1.82) is 0 Å². The Bertz CT molecular complexity index is 827. The molecule has 2 heterocycles. The maximum absolute atomic E-state index is 13.1. The average molecular weight is 367 g/mol. The van der Waals surface area contributed by atoms with E-state index in [1.54, 1.807) is 6.20 Å². The molecule has 144 valence electrons. The van der Waals surface area contributed by atoms with Gasteiger partial charge in [-0.2, -0.15) is 0 Å². The number of nitrogens with zero attached hydrogens (tertiary/aromatic N) is 2. The van der Waals surface area contributed by atoms with Gasteiger partial charge in [-0.3, -0.25) is 14.6 Å². The van der Waals surface area contributed by atoms with E-state index in [0.717, 1.165) is 49.9 Å². The molecule has 0 saturated heterocycles. The number of unbranched alkanes of at least 4 members (excludes halogenated alkanes) is 1. The molecular weight excluding hydrogens is 338 g/mol. The lowest BCUT2D eigenvalue weighted by atomic mass is 9.95. The van der Waals surface area contributed by atoms with E-state index >= 15 is 0 Å². The number of amides is 1. The Kier molecular flexibility index (Phi) is 6.80. The molecular formula is C22H29N3O2. The van der Waals surface area contributed by atoms with Crippen LogP contribution in [0, 0.1) is 0 Å². The summed E-state index contributed by atoms with van der Waals surface area (Å²) in [6, 6.07) is 7.43. The minimum Gasteiger partial charge on any atom is -0.346 e. The van der Waals surface area contributed by atoms with Gasteiger partial charge in [-0.15, -0.1) is 0 Å². The Morgan fingerprint density at radius 1 is 1.19 bits per heavy atom. The zero-order valence-corrected chi connectivity index (χ0v) is 16.2. The van der Waals surface area contributed by atoms with E-state index in [-0.39, 0.29) is 17.0 Å². The smallest absolute Gasteiger partial charge is 0.263 e. The highest BCUT2D eigenvalue weighted by Crippen LogP contribution is 2.20. The summed E-state index contributed by atoms with van der Waals surface area (Å²) in [7, 11) is 0. The second-order valence-corrected chi connectivity index (χ2v) is 7.26. The maximum atomic E-state index is 13.1. The van der Waals surface area contributed by atoms with Crippen LogP contribution in [0.3, 0.4) is 0 Å². The largest absolute Gasteiger partial charge is 0.346 e. The summed E-state index contributed by atoms with van der Waals surface area (Å²) in [5.74, 6) is -0.305. The summed E-state index contributed by atoms with van der Waals surface area (Å²) >= 11 is 0. The molecule has 2 aromatic heterocycles. The van der Waals surface area contributed by atoms with Gasteiger partial charge in [0.25, 0.3) is 11.5 Å². The first kappa shape index (κ1) is 19.3. The first-order chi connectivity index (χ1) is 13.2. The van der Waals surface area contributed by atoms with Crippen LogP contribution in [-0.4, -0.2) is 15.5 Å². The van der Waals surface area contributed by atoms with Crippen LogP contribution in [0.2, 0.25) is 0 Å². The molecule has 0 spiro atoms. The second-order valence-electron chi connectivity index (χ2n) is 7.26. The van der Waals surface area contributed by atoms with Crippen LogP contribution >= 0.6 is 0 Å². The molecule has 0 fully saturated rings. The minimum absolute atomic E-state index is 0.152. The van der Waals surface area contributed by atoms with E-state index in [1.807, 2.05) is 28.8 Å². The van der Waals surface area contributed by atoms with Crippen LogP contribution in [0.15, 0.2) is 35.3 Å². The lowest BCUT2D eigenvalue weighted by Crippen LogP contribution is -2.35. The number of aromatic nitrogens is 2. The van der Waals surface area contributed by atoms with Crippen LogP contribution in [0.4, 0.5) is 0 Å². The molecule has 0 atom stereocenters. The van der Waals surface area contributed by atoms with Gasteiger partial charge in [0.2, 0.25) is 0 Å². The van der Waals surface area contributed by atoms with E-state index in [9.17, 15) is 9.59 Å². The zero-order valence-electron chi connectivity index (χ0n) is 16.2. The topological polar surface area (TPSA) is 64.0 Å². The molecule has 2 aromatic rings. The van der Waals surface area contributed by atoms with Crippen LogP contribution in [-0.2, 0) is 25.9 Å². The van der Waals surface area contributed by atoms with Crippen LogP contribution < -0.4 is 10.9 Å². The molecule has 3 rings (SSSR count). The Morgan fingerprint density at radius 2 is 2.00 bits per heavy atom. The third kappa shape index (κ3) is 4.85. The van der Waals surface area contributed by atoms with Crippen molar-refractivity contribution in [2.75, 3.05) is 0 Å². The Labute approximate surface area is 160 Å². The van der Waals surface area contributed by atoms with Crippen molar-refractivity contribution in [2.45, 2.75) is 71.4 Å². The maximum Gasteiger partial charge on any atom is 0.263 e. The number of aryl methyl sites for hydroxylation is 1. The molecule has 1 aliphatic rings. The quantitative estimate of drug-likeness (QED) is 0.848. The SMILES string of the molecule is CCCCn1c2c(cc(C(=O)NCc3ccccn3)c1=O)CCCCCC2. The van der Waals surface area contributed by atoms with Gasteiger partial charge in [0.1, 0.15) is 5.56 Å². The Balaban J connectivity index is 1.90. The summed E-state index contributed by atoms with van der Waals surface area (Å²) in [5, 5.41) is 2.86. The Morgan fingerprint density at radius 3 is 2.74 bits per heavy atom.